The molecule has 0 spiro atoms. The maximum Gasteiger partial charge on any atom is 0.353 e. The molecule has 3 aromatic carbocycles. The van der Waals surface area contributed by atoms with Crippen molar-refractivity contribution in [3.8, 4) is 16.8 Å². The number of fused-ring (bicyclic) bond motifs is 3. The van der Waals surface area contributed by atoms with Gasteiger partial charge in [-0.1, -0.05) is 59.6 Å². The lowest BCUT2D eigenvalue weighted by atomic mass is 10.1. The van der Waals surface area contributed by atoms with Gasteiger partial charge in [-0.3, -0.25) is 0 Å². The molecular formula is C24H17ClF2N2O2S. The zero-order valence-electron chi connectivity index (χ0n) is 16.8. The SMILES string of the molecule is Cc1ccc(S(=O)(=O)c2c(-c3ccccc3)cn3c2NC(F)(F)c2ccc(Cl)cc2-3)cc1. The number of hydrogen-bond acceptors (Lipinski definition) is 3. The van der Waals surface area contributed by atoms with E-state index in [0.29, 0.717) is 11.1 Å². The molecule has 0 fully saturated rings. The minimum absolute atomic E-state index is 0.0243. The molecule has 0 aliphatic carbocycles. The van der Waals surface area contributed by atoms with Gasteiger partial charge in [0.25, 0.3) is 0 Å². The van der Waals surface area contributed by atoms with E-state index in [-0.39, 0.29) is 31.9 Å². The lowest BCUT2D eigenvalue weighted by Crippen LogP contribution is -2.32. The van der Waals surface area contributed by atoms with Gasteiger partial charge in [-0.2, -0.15) is 8.78 Å². The summed E-state index contributed by atoms with van der Waals surface area (Å²) in [6.07, 6.45) is 1.56. The molecule has 162 valence electrons. The number of benzene rings is 3. The summed E-state index contributed by atoms with van der Waals surface area (Å²) in [5.41, 5.74) is 1.63. The number of sulfone groups is 1. The van der Waals surface area contributed by atoms with Gasteiger partial charge in [0.05, 0.1) is 16.1 Å². The average molecular weight is 471 g/mol. The molecule has 0 saturated carbocycles. The first-order valence-electron chi connectivity index (χ1n) is 9.77. The van der Waals surface area contributed by atoms with Gasteiger partial charge in [0.2, 0.25) is 9.84 Å². The van der Waals surface area contributed by atoms with Gasteiger partial charge in [-0.25, -0.2) is 8.42 Å². The summed E-state index contributed by atoms with van der Waals surface area (Å²) in [7, 11) is -4.15. The number of aromatic nitrogens is 1. The van der Waals surface area contributed by atoms with E-state index >= 15 is 8.78 Å². The zero-order valence-corrected chi connectivity index (χ0v) is 18.4. The van der Waals surface area contributed by atoms with E-state index in [1.54, 1.807) is 48.7 Å². The number of rotatable bonds is 3. The van der Waals surface area contributed by atoms with Gasteiger partial charge in [0.1, 0.15) is 10.7 Å². The first-order valence-corrected chi connectivity index (χ1v) is 11.6. The summed E-state index contributed by atoms with van der Waals surface area (Å²) in [6, 6.07) is 15.7. The summed E-state index contributed by atoms with van der Waals surface area (Å²) >= 11 is 6.10. The molecule has 1 aliphatic heterocycles. The zero-order chi connectivity index (χ0) is 22.7. The van der Waals surface area contributed by atoms with E-state index in [1.807, 2.05) is 6.92 Å². The van der Waals surface area contributed by atoms with Crippen molar-refractivity contribution in [2.75, 3.05) is 5.32 Å². The molecule has 0 bridgehead atoms. The Bertz CT molecular complexity index is 1450. The molecular weight excluding hydrogens is 454 g/mol. The van der Waals surface area contributed by atoms with Crippen LogP contribution < -0.4 is 5.32 Å². The van der Waals surface area contributed by atoms with E-state index in [0.717, 1.165) is 5.56 Å². The number of hydrogen-bond donors (Lipinski definition) is 1. The summed E-state index contributed by atoms with van der Waals surface area (Å²) in [5.74, 6) is -0.204. The van der Waals surface area contributed by atoms with Crippen LogP contribution in [0.1, 0.15) is 11.1 Å². The Hall–Kier alpha value is -3.16. The standard InChI is InChI=1S/C24H17ClF2N2O2S/c1-15-7-10-18(11-8-15)32(30,31)22-19(16-5-3-2-4-6-16)14-29-21-13-17(25)9-12-20(21)24(26,27)28-23(22)29/h2-14,28H,1H3. The lowest BCUT2D eigenvalue weighted by Gasteiger charge is -2.29. The first-order chi connectivity index (χ1) is 15.2. The number of alkyl halides is 2. The molecule has 4 nitrogen and oxygen atoms in total. The van der Waals surface area contributed by atoms with E-state index in [4.69, 9.17) is 11.6 Å². The number of anilines is 1. The molecule has 1 N–H and O–H groups in total. The van der Waals surface area contributed by atoms with E-state index < -0.39 is 15.9 Å². The predicted molar refractivity (Wildman–Crippen MR) is 120 cm³/mol. The maximum absolute atomic E-state index is 15.1. The third-order valence-corrected chi connectivity index (χ3v) is 7.56. The molecule has 0 unspecified atom stereocenters. The largest absolute Gasteiger partial charge is 0.353 e. The van der Waals surface area contributed by atoms with Crippen molar-refractivity contribution in [3.63, 3.8) is 0 Å². The van der Waals surface area contributed by atoms with Gasteiger partial charge >= 0.3 is 6.05 Å². The highest BCUT2D eigenvalue weighted by molar-refractivity contribution is 7.91. The fraction of sp³-hybridized carbons (Fsp3) is 0.0833. The van der Waals surface area contributed by atoms with E-state index in [1.165, 1.54) is 34.9 Å². The van der Waals surface area contributed by atoms with Crippen molar-refractivity contribution in [1.82, 2.24) is 4.57 Å². The average Bonchev–Trinajstić information content (AvgIpc) is 3.14. The van der Waals surface area contributed by atoms with Gasteiger partial charge in [-0.15, -0.1) is 0 Å². The van der Waals surface area contributed by atoms with E-state index in [2.05, 4.69) is 5.32 Å². The predicted octanol–water partition coefficient (Wildman–Crippen LogP) is 6.41. The monoisotopic (exact) mass is 470 g/mol. The van der Waals surface area contributed by atoms with E-state index in [9.17, 15) is 8.42 Å². The summed E-state index contributed by atoms with van der Waals surface area (Å²) in [4.78, 5) is -0.186. The van der Waals surface area contributed by atoms with Gasteiger partial charge in [-0.05, 0) is 42.8 Å². The van der Waals surface area contributed by atoms with Crippen molar-refractivity contribution in [2.24, 2.45) is 0 Å². The van der Waals surface area contributed by atoms with Crippen LogP contribution in [0.25, 0.3) is 16.8 Å². The third-order valence-electron chi connectivity index (χ3n) is 5.48. The van der Waals surface area contributed by atoms with Crippen LogP contribution in [0, 0.1) is 6.92 Å². The van der Waals surface area contributed by atoms with Crippen molar-refractivity contribution < 1.29 is 17.2 Å². The third kappa shape index (κ3) is 3.20. The molecule has 5 rings (SSSR count). The lowest BCUT2D eigenvalue weighted by molar-refractivity contribution is 0.0250. The Kier molecular flexibility index (Phi) is 4.65. The molecule has 32 heavy (non-hydrogen) atoms. The molecule has 1 aliphatic rings. The van der Waals surface area contributed by atoms with Crippen LogP contribution in [-0.4, -0.2) is 13.0 Å². The summed E-state index contributed by atoms with van der Waals surface area (Å²) in [5, 5.41) is 2.43. The van der Waals surface area contributed by atoms with Gasteiger partial charge in [0, 0.05) is 16.8 Å². The van der Waals surface area contributed by atoms with Gasteiger partial charge in [0.15, 0.2) is 0 Å². The van der Waals surface area contributed by atoms with Crippen LogP contribution in [0.3, 0.4) is 0 Å². The number of nitrogens with zero attached hydrogens (tertiary/aromatic N) is 1. The summed E-state index contributed by atoms with van der Waals surface area (Å²) < 4.78 is 59.1. The quantitative estimate of drug-likeness (QED) is 0.352. The second kappa shape index (κ2) is 7.18. The molecule has 0 atom stereocenters. The first kappa shape index (κ1) is 20.7. The molecule has 1 aromatic heterocycles. The van der Waals surface area contributed by atoms with Crippen molar-refractivity contribution >= 4 is 27.3 Å². The van der Waals surface area contributed by atoms with Crippen LogP contribution in [0.4, 0.5) is 14.6 Å². The molecule has 2 heterocycles. The molecule has 0 amide bonds. The Morgan fingerprint density at radius 1 is 0.969 bits per heavy atom. The second-order valence-corrected chi connectivity index (χ2v) is 9.96. The van der Waals surface area contributed by atoms with Crippen molar-refractivity contribution in [2.45, 2.75) is 22.8 Å². The Morgan fingerprint density at radius 2 is 1.66 bits per heavy atom. The van der Waals surface area contributed by atoms with Crippen molar-refractivity contribution in [3.05, 3.63) is 95.1 Å². The molecule has 0 radical (unpaired) electrons. The topological polar surface area (TPSA) is 51.1 Å². The smallest absolute Gasteiger partial charge is 0.307 e. The minimum Gasteiger partial charge on any atom is -0.307 e. The minimum atomic E-state index is -4.15. The maximum atomic E-state index is 15.1. The highest BCUT2D eigenvalue weighted by Crippen LogP contribution is 2.47. The fourth-order valence-corrected chi connectivity index (χ4v) is 5.67. The van der Waals surface area contributed by atoms with Crippen LogP contribution in [0.15, 0.2) is 88.8 Å². The molecule has 4 aromatic rings. The Balaban J connectivity index is 1.86. The van der Waals surface area contributed by atoms with Crippen LogP contribution in [-0.2, 0) is 15.9 Å². The second-order valence-electron chi connectivity index (χ2n) is 7.63. The van der Waals surface area contributed by atoms with Crippen LogP contribution >= 0.6 is 11.6 Å². The Labute approximate surface area is 189 Å². The highest BCUT2D eigenvalue weighted by Gasteiger charge is 2.43. The van der Waals surface area contributed by atoms with Crippen LogP contribution in [0.2, 0.25) is 5.02 Å². The molecule has 8 heteroatoms. The van der Waals surface area contributed by atoms with Gasteiger partial charge < -0.3 is 9.88 Å². The Morgan fingerprint density at radius 3 is 2.34 bits per heavy atom. The summed E-state index contributed by atoms with van der Waals surface area (Å²) in [6.45, 7) is 1.84. The van der Waals surface area contributed by atoms with Crippen LogP contribution in [0.5, 0.6) is 0 Å². The number of nitrogens with one attached hydrogen (secondary N) is 1. The fourth-order valence-electron chi connectivity index (χ4n) is 3.91. The number of halogens is 3. The van der Waals surface area contributed by atoms with Crippen molar-refractivity contribution in [1.29, 1.82) is 0 Å². The number of aryl methyl sites for hydroxylation is 1. The normalized spacial score (nSPS) is 14.4. The molecule has 0 saturated heterocycles. The highest BCUT2D eigenvalue weighted by atomic mass is 35.5.